The van der Waals surface area contributed by atoms with E-state index < -0.39 is 5.97 Å². The molecule has 0 aliphatic heterocycles. The van der Waals surface area contributed by atoms with Gasteiger partial charge >= 0.3 is 5.97 Å². The van der Waals surface area contributed by atoms with Crippen molar-refractivity contribution in [2.75, 3.05) is 0 Å². The van der Waals surface area contributed by atoms with Crippen LogP contribution in [0.5, 0.6) is 0 Å². The quantitative estimate of drug-likeness (QED) is 0.917. The minimum Gasteiger partial charge on any atom is -0.478 e. The molecule has 1 aromatic heterocycles. The van der Waals surface area contributed by atoms with Crippen molar-refractivity contribution in [3.05, 3.63) is 69.1 Å². The van der Waals surface area contributed by atoms with E-state index in [9.17, 15) is 9.59 Å². The molecule has 0 fully saturated rings. The fourth-order valence-electron chi connectivity index (χ4n) is 2.00. The van der Waals surface area contributed by atoms with E-state index in [1.54, 1.807) is 28.8 Å². The molecule has 1 heterocycles. The molecule has 4 nitrogen and oxygen atoms in total. The van der Waals surface area contributed by atoms with Gasteiger partial charge in [0.25, 0.3) is 5.56 Å². The number of benzene rings is 1. The number of aryl methyl sites for hydroxylation is 2. The average molecular weight is 257 g/mol. The normalized spacial score (nSPS) is 10.4. The van der Waals surface area contributed by atoms with Crippen molar-refractivity contribution in [3.63, 3.8) is 0 Å². The molecule has 19 heavy (non-hydrogen) atoms. The minimum absolute atomic E-state index is 0.0540. The van der Waals surface area contributed by atoms with E-state index in [-0.39, 0.29) is 11.1 Å². The third kappa shape index (κ3) is 2.73. The SMILES string of the molecule is Cc1cc(C(=O)O)ccc1Cn1c(C)cccc1=O. The second kappa shape index (κ2) is 5.10. The van der Waals surface area contributed by atoms with Crippen LogP contribution in [0.4, 0.5) is 0 Å². The van der Waals surface area contributed by atoms with Crippen molar-refractivity contribution in [2.24, 2.45) is 0 Å². The van der Waals surface area contributed by atoms with Crippen LogP contribution in [0.25, 0.3) is 0 Å². The number of aromatic nitrogens is 1. The first-order valence-corrected chi connectivity index (χ1v) is 5.98. The first-order valence-electron chi connectivity index (χ1n) is 5.98. The van der Waals surface area contributed by atoms with E-state index in [2.05, 4.69) is 0 Å². The van der Waals surface area contributed by atoms with Gasteiger partial charge in [-0.3, -0.25) is 4.79 Å². The van der Waals surface area contributed by atoms with E-state index in [0.717, 1.165) is 16.8 Å². The van der Waals surface area contributed by atoms with Gasteiger partial charge in [-0.1, -0.05) is 12.1 Å². The van der Waals surface area contributed by atoms with Crippen LogP contribution in [-0.4, -0.2) is 15.6 Å². The second-order valence-corrected chi connectivity index (χ2v) is 4.54. The third-order valence-electron chi connectivity index (χ3n) is 3.19. The molecule has 1 aromatic carbocycles. The number of hydrogen-bond donors (Lipinski definition) is 1. The predicted molar refractivity (Wildman–Crippen MR) is 72.7 cm³/mol. The molecular formula is C15H15NO3. The summed E-state index contributed by atoms with van der Waals surface area (Å²) in [6.45, 7) is 4.19. The van der Waals surface area contributed by atoms with Gasteiger partial charge in [-0.2, -0.15) is 0 Å². The molecule has 0 aliphatic carbocycles. The summed E-state index contributed by atoms with van der Waals surface area (Å²) in [6, 6.07) is 10.1. The number of nitrogens with zero attached hydrogens (tertiary/aromatic N) is 1. The second-order valence-electron chi connectivity index (χ2n) is 4.54. The standard InChI is InChI=1S/C15H15NO3/c1-10-8-12(15(18)19)6-7-13(10)9-16-11(2)4-3-5-14(16)17/h3-8H,9H2,1-2H3,(H,18,19). The maximum absolute atomic E-state index is 11.8. The Hall–Kier alpha value is -2.36. The van der Waals surface area contributed by atoms with Crippen LogP contribution in [0.15, 0.2) is 41.2 Å². The van der Waals surface area contributed by atoms with Gasteiger partial charge in [-0.15, -0.1) is 0 Å². The first kappa shape index (κ1) is 13.1. The number of carboxylic acid groups (broad SMARTS) is 1. The smallest absolute Gasteiger partial charge is 0.335 e. The lowest BCUT2D eigenvalue weighted by Gasteiger charge is -2.12. The number of carboxylic acids is 1. The maximum atomic E-state index is 11.8. The summed E-state index contributed by atoms with van der Waals surface area (Å²) in [5, 5.41) is 8.92. The van der Waals surface area contributed by atoms with Gasteiger partial charge in [0.2, 0.25) is 0 Å². The van der Waals surface area contributed by atoms with Crippen molar-refractivity contribution < 1.29 is 9.90 Å². The van der Waals surface area contributed by atoms with Crippen molar-refractivity contribution in [3.8, 4) is 0 Å². The Bertz CT molecular complexity index is 686. The zero-order valence-electron chi connectivity index (χ0n) is 10.9. The topological polar surface area (TPSA) is 59.3 Å². The fourth-order valence-corrected chi connectivity index (χ4v) is 2.00. The number of carbonyl (C=O) groups is 1. The van der Waals surface area contributed by atoms with Gasteiger partial charge in [0.1, 0.15) is 0 Å². The molecule has 98 valence electrons. The van der Waals surface area contributed by atoms with Crippen LogP contribution < -0.4 is 5.56 Å². The fraction of sp³-hybridized carbons (Fsp3) is 0.200. The summed E-state index contributed by atoms with van der Waals surface area (Å²) in [5.41, 5.74) is 2.91. The summed E-state index contributed by atoms with van der Waals surface area (Å²) in [7, 11) is 0. The van der Waals surface area contributed by atoms with Crippen molar-refractivity contribution in [1.82, 2.24) is 4.57 Å². The maximum Gasteiger partial charge on any atom is 0.335 e. The van der Waals surface area contributed by atoms with Crippen molar-refractivity contribution in [2.45, 2.75) is 20.4 Å². The number of pyridine rings is 1. The highest BCUT2D eigenvalue weighted by molar-refractivity contribution is 5.87. The molecule has 2 rings (SSSR count). The van der Waals surface area contributed by atoms with Crippen molar-refractivity contribution >= 4 is 5.97 Å². The number of hydrogen-bond acceptors (Lipinski definition) is 2. The lowest BCUT2D eigenvalue weighted by Crippen LogP contribution is -2.21. The summed E-state index contributed by atoms with van der Waals surface area (Å²) >= 11 is 0. The largest absolute Gasteiger partial charge is 0.478 e. The van der Waals surface area contributed by atoms with Crippen LogP contribution in [0, 0.1) is 13.8 Å². The molecule has 0 atom stereocenters. The summed E-state index contributed by atoms with van der Waals surface area (Å²) in [5.74, 6) is -0.942. The summed E-state index contributed by atoms with van der Waals surface area (Å²) < 4.78 is 1.67. The Kier molecular flexibility index (Phi) is 3.51. The Morgan fingerprint density at radius 3 is 2.53 bits per heavy atom. The molecule has 0 aliphatic rings. The van der Waals surface area contributed by atoms with Gasteiger partial charge in [0, 0.05) is 11.8 Å². The lowest BCUT2D eigenvalue weighted by molar-refractivity contribution is 0.0697. The van der Waals surface area contributed by atoms with E-state index in [0.29, 0.717) is 6.54 Å². The van der Waals surface area contributed by atoms with Crippen LogP contribution >= 0.6 is 0 Å². The highest BCUT2D eigenvalue weighted by Crippen LogP contribution is 2.13. The lowest BCUT2D eigenvalue weighted by atomic mass is 10.0. The Morgan fingerprint density at radius 2 is 1.95 bits per heavy atom. The predicted octanol–water partition coefficient (Wildman–Crippen LogP) is 2.21. The van der Waals surface area contributed by atoms with Crippen LogP contribution in [-0.2, 0) is 6.54 Å². The molecule has 0 amide bonds. The molecule has 2 aromatic rings. The summed E-state index contributed by atoms with van der Waals surface area (Å²) in [6.07, 6.45) is 0. The molecule has 0 saturated heterocycles. The van der Waals surface area contributed by atoms with E-state index >= 15 is 0 Å². The Morgan fingerprint density at radius 1 is 1.21 bits per heavy atom. The van der Waals surface area contributed by atoms with Crippen molar-refractivity contribution in [1.29, 1.82) is 0 Å². The van der Waals surface area contributed by atoms with E-state index in [1.807, 2.05) is 19.9 Å². The molecule has 4 heteroatoms. The average Bonchev–Trinajstić information content (AvgIpc) is 2.35. The molecule has 0 spiro atoms. The van der Waals surface area contributed by atoms with Gasteiger partial charge in [-0.25, -0.2) is 4.79 Å². The molecule has 0 unspecified atom stereocenters. The minimum atomic E-state index is -0.942. The first-order chi connectivity index (χ1) is 8.99. The van der Waals surface area contributed by atoms with Crippen LogP contribution in [0.2, 0.25) is 0 Å². The third-order valence-corrected chi connectivity index (χ3v) is 3.19. The van der Waals surface area contributed by atoms with Gasteiger partial charge in [0.05, 0.1) is 12.1 Å². The molecule has 0 radical (unpaired) electrons. The number of rotatable bonds is 3. The van der Waals surface area contributed by atoms with Crippen LogP contribution in [0.3, 0.4) is 0 Å². The number of aromatic carboxylic acids is 1. The zero-order valence-corrected chi connectivity index (χ0v) is 10.9. The highest BCUT2D eigenvalue weighted by atomic mass is 16.4. The van der Waals surface area contributed by atoms with Gasteiger partial charge < -0.3 is 9.67 Å². The monoisotopic (exact) mass is 257 g/mol. The Balaban J connectivity index is 2.39. The zero-order chi connectivity index (χ0) is 14.0. The van der Waals surface area contributed by atoms with Crippen LogP contribution in [0.1, 0.15) is 27.2 Å². The van der Waals surface area contributed by atoms with E-state index in [1.165, 1.54) is 6.07 Å². The van der Waals surface area contributed by atoms with Gasteiger partial charge in [-0.05, 0) is 43.2 Å². The molecule has 0 bridgehead atoms. The molecule has 1 N–H and O–H groups in total. The Labute approximate surface area is 110 Å². The van der Waals surface area contributed by atoms with E-state index in [4.69, 9.17) is 5.11 Å². The van der Waals surface area contributed by atoms with Gasteiger partial charge in [0.15, 0.2) is 0 Å². The molecule has 0 saturated carbocycles. The summed E-state index contributed by atoms with van der Waals surface area (Å²) in [4.78, 5) is 22.7. The highest BCUT2D eigenvalue weighted by Gasteiger charge is 2.07. The molecular weight excluding hydrogens is 242 g/mol.